The molecule has 0 unspecified atom stereocenters. The smallest absolute Gasteiger partial charge is 0.139 e. The summed E-state index contributed by atoms with van der Waals surface area (Å²) in [6.45, 7) is 5.31. The largest absolute Gasteiger partial charge is 0.456 e. The second kappa shape index (κ2) is 8.91. The van der Waals surface area contributed by atoms with Crippen LogP contribution in [0.4, 0.5) is 11.4 Å². The predicted octanol–water partition coefficient (Wildman–Crippen LogP) is 5.34. The molecule has 6 rings (SSSR count). The number of H-pyrrole nitrogens is 1. The van der Waals surface area contributed by atoms with Crippen LogP contribution < -0.4 is 5.32 Å². The van der Waals surface area contributed by atoms with Gasteiger partial charge < -0.3 is 19.6 Å². The van der Waals surface area contributed by atoms with Gasteiger partial charge in [-0.25, -0.2) is 0 Å². The van der Waals surface area contributed by atoms with Gasteiger partial charge in [-0.15, -0.1) is 0 Å². The third kappa shape index (κ3) is 4.26. The first-order valence-corrected chi connectivity index (χ1v) is 11.8. The molecule has 35 heavy (non-hydrogen) atoms. The topological polar surface area (TPSA) is 84.1 Å². The Labute approximate surface area is 203 Å². The second-order valence-electron chi connectivity index (χ2n) is 9.19. The number of fused-ring (bicyclic) bond motifs is 2. The van der Waals surface area contributed by atoms with Crippen LogP contribution in [-0.4, -0.2) is 53.0 Å². The molecular weight excluding hydrogens is 436 g/mol. The number of nitriles is 1. The minimum atomic E-state index is 0.466. The SMILES string of the molecule is CN1CCN(Cc2ccc3oc(-c4cncc(C#N)c4Nc4ccc5[nH]ccc5c4)cc3c2)CC1. The maximum Gasteiger partial charge on any atom is 0.139 e. The van der Waals surface area contributed by atoms with Crippen molar-refractivity contribution in [3.8, 4) is 17.4 Å². The molecule has 3 aromatic heterocycles. The van der Waals surface area contributed by atoms with Crippen molar-refractivity contribution in [2.45, 2.75) is 6.54 Å². The van der Waals surface area contributed by atoms with Gasteiger partial charge in [0, 0.05) is 73.3 Å². The number of piperazine rings is 1. The highest BCUT2D eigenvalue weighted by Gasteiger charge is 2.17. The highest BCUT2D eigenvalue weighted by Crippen LogP contribution is 2.36. The molecule has 1 saturated heterocycles. The fourth-order valence-corrected chi connectivity index (χ4v) is 4.73. The van der Waals surface area contributed by atoms with Crippen molar-refractivity contribution in [2.24, 2.45) is 0 Å². The third-order valence-electron chi connectivity index (χ3n) is 6.74. The number of aromatic nitrogens is 2. The van der Waals surface area contributed by atoms with Crippen LogP contribution >= 0.6 is 0 Å². The first kappa shape index (κ1) is 21.4. The summed E-state index contributed by atoms with van der Waals surface area (Å²) in [5.41, 5.74) is 5.97. The molecule has 4 heterocycles. The van der Waals surface area contributed by atoms with Crippen molar-refractivity contribution < 1.29 is 4.42 Å². The first-order chi connectivity index (χ1) is 17.2. The molecule has 0 amide bonds. The molecule has 2 N–H and O–H groups in total. The van der Waals surface area contributed by atoms with Crippen LogP contribution in [0, 0.1) is 11.3 Å². The molecule has 0 aliphatic carbocycles. The summed E-state index contributed by atoms with van der Waals surface area (Å²) in [4.78, 5) is 12.4. The molecule has 7 nitrogen and oxygen atoms in total. The number of nitrogens with one attached hydrogen (secondary N) is 2. The fourth-order valence-electron chi connectivity index (χ4n) is 4.73. The van der Waals surface area contributed by atoms with Gasteiger partial charge in [0.2, 0.25) is 0 Å². The lowest BCUT2D eigenvalue weighted by atomic mass is 10.1. The Kier molecular flexibility index (Phi) is 5.45. The molecule has 174 valence electrons. The van der Waals surface area contributed by atoms with Crippen LogP contribution in [0.3, 0.4) is 0 Å². The van der Waals surface area contributed by atoms with Crippen molar-refractivity contribution in [3.05, 3.63) is 78.2 Å². The summed E-state index contributed by atoms with van der Waals surface area (Å²) in [5.74, 6) is 0.687. The van der Waals surface area contributed by atoms with E-state index in [2.05, 4.69) is 56.4 Å². The Morgan fingerprint density at radius 3 is 2.77 bits per heavy atom. The van der Waals surface area contributed by atoms with Crippen molar-refractivity contribution in [2.75, 3.05) is 38.5 Å². The quantitative estimate of drug-likeness (QED) is 0.367. The van der Waals surface area contributed by atoms with E-state index >= 15 is 0 Å². The van der Waals surface area contributed by atoms with Gasteiger partial charge in [-0.3, -0.25) is 9.88 Å². The van der Waals surface area contributed by atoms with E-state index in [4.69, 9.17) is 4.42 Å². The summed E-state index contributed by atoms with van der Waals surface area (Å²) in [6.07, 6.45) is 5.25. The molecule has 0 bridgehead atoms. The van der Waals surface area contributed by atoms with E-state index in [1.807, 2.05) is 36.5 Å². The van der Waals surface area contributed by atoms with Crippen LogP contribution in [0.25, 0.3) is 33.2 Å². The average molecular weight is 463 g/mol. The van der Waals surface area contributed by atoms with Crippen molar-refractivity contribution in [3.63, 3.8) is 0 Å². The number of benzene rings is 2. The molecule has 0 saturated carbocycles. The fraction of sp³-hybridized carbons (Fsp3) is 0.214. The number of rotatable bonds is 5. The van der Waals surface area contributed by atoms with Crippen molar-refractivity contribution >= 4 is 33.2 Å². The van der Waals surface area contributed by atoms with Crippen LogP contribution in [-0.2, 0) is 6.54 Å². The highest BCUT2D eigenvalue weighted by atomic mass is 16.3. The Morgan fingerprint density at radius 1 is 1.03 bits per heavy atom. The van der Waals surface area contributed by atoms with Gasteiger partial charge >= 0.3 is 0 Å². The molecule has 2 aromatic carbocycles. The molecule has 0 spiro atoms. The number of hydrogen-bond acceptors (Lipinski definition) is 6. The van der Waals surface area contributed by atoms with Gasteiger partial charge in [-0.2, -0.15) is 5.26 Å². The molecule has 1 fully saturated rings. The molecule has 5 aromatic rings. The number of likely N-dealkylation sites (N-methyl/N-ethyl adjacent to an activating group) is 1. The van der Waals surface area contributed by atoms with Gasteiger partial charge in [-0.1, -0.05) is 6.07 Å². The molecule has 0 atom stereocenters. The summed E-state index contributed by atoms with van der Waals surface area (Å²) in [5, 5.41) is 15.4. The second-order valence-corrected chi connectivity index (χ2v) is 9.19. The number of furan rings is 1. The van der Waals surface area contributed by atoms with E-state index in [9.17, 15) is 5.26 Å². The number of nitrogens with zero attached hydrogens (tertiary/aromatic N) is 4. The lowest BCUT2D eigenvalue weighted by Gasteiger charge is -2.32. The van der Waals surface area contributed by atoms with Crippen LogP contribution in [0.1, 0.15) is 11.1 Å². The Hall–Kier alpha value is -4.12. The summed E-state index contributed by atoms with van der Waals surface area (Å²) in [6, 6.07) is 18.8. The maximum absolute atomic E-state index is 9.78. The van der Waals surface area contributed by atoms with Crippen LogP contribution in [0.2, 0.25) is 0 Å². The Bertz CT molecular complexity index is 1550. The average Bonchev–Trinajstić information content (AvgIpc) is 3.52. The normalized spacial score (nSPS) is 15.0. The summed E-state index contributed by atoms with van der Waals surface area (Å²) in [7, 11) is 2.17. The number of pyridine rings is 1. The number of anilines is 2. The molecule has 7 heteroatoms. The molecule has 1 aliphatic heterocycles. The zero-order chi connectivity index (χ0) is 23.8. The summed E-state index contributed by atoms with van der Waals surface area (Å²) < 4.78 is 6.23. The first-order valence-electron chi connectivity index (χ1n) is 11.8. The van der Waals surface area contributed by atoms with E-state index in [-0.39, 0.29) is 0 Å². The van der Waals surface area contributed by atoms with Crippen molar-refractivity contribution in [1.29, 1.82) is 5.26 Å². The van der Waals surface area contributed by atoms with Crippen LogP contribution in [0.5, 0.6) is 0 Å². The van der Waals surface area contributed by atoms with E-state index < -0.39 is 0 Å². The number of aromatic amines is 1. The third-order valence-corrected chi connectivity index (χ3v) is 6.74. The lowest BCUT2D eigenvalue weighted by Crippen LogP contribution is -2.43. The minimum Gasteiger partial charge on any atom is -0.456 e. The molecular formula is C28H26N6O. The zero-order valence-electron chi connectivity index (χ0n) is 19.6. The van der Waals surface area contributed by atoms with Gasteiger partial charge in [-0.05, 0) is 55.1 Å². The predicted molar refractivity (Wildman–Crippen MR) is 139 cm³/mol. The monoisotopic (exact) mass is 462 g/mol. The Balaban J connectivity index is 1.33. The highest BCUT2D eigenvalue weighted by molar-refractivity contribution is 5.90. The number of hydrogen-bond donors (Lipinski definition) is 2. The summed E-state index contributed by atoms with van der Waals surface area (Å²) >= 11 is 0. The standard InChI is InChI=1S/C28H26N6O/c1-33-8-10-34(11-9-33)18-19-2-5-26-21(12-19)14-27(35-26)24-17-30-16-22(15-29)28(24)32-23-3-4-25-20(13-23)6-7-31-25/h2-7,12-14,16-17,31H,8-11,18H2,1H3,(H,30,32). The van der Waals surface area contributed by atoms with Crippen molar-refractivity contribution in [1.82, 2.24) is 19.8 Å². The zero-order valence-corrected chi connectivity index (χ0v) is 19.6. The Morgan fingerprint density at radius 2 is 1.91 bits per heavy atom. The van der Waals surface area contributed by atoms with E-state index in [1.54, 1.807) is 12.4 Å². The lowest BCUT2D eigenvalue weighted by molar-refractivity contribution is 0.148. The maximum atomic E-state index is 9.78. The molecule has 1 aliphatic rings. The van der Waals surface area contributed by atoms with E-state index in [1.165, 1.54) is 5.56 Å². The van der Waals surface area contributed by atoms with Gasteiger partial charge in [0.05, 0.1) is 16.8 Å². The van der Waals surface area contributed by atoms with Gasteiger partial charge in [0.25, 0.3) is 0 Å². The van der Waals surface area contributed by atoms with Gasteiger partial charge in [0.1, 0.15) is 17.4 Å². The van der Waals surface area contributed by atoms with Crippen LogP contribution in [0.15, 0.2) is 71.5 Å². The van der Waals surface area contributed by atoms with E-state index in [0.29, 0.717) is 17.0 Å². The minimum absolute atomic E-state index is 0.466. The van der Waals surface area contributed by atoms with Gasteiger partial charge in [0.15, 0.2) is 0 Å². The molecule has 0 radical (unpaired) electrons. The van der Waals surface area contributed by atoms with E-state index in [0.717, 1.165) is 65.8 Å².